The zero-order chi connectivity index (χ0) is 12.6. The van der Waals surface area contributed by atoms with Crippen LogP contribution in [-0.4, -0.2) is 29.9 Å². The van der Waals surface area contributed by atoms with Gasteiger partial charge in [-0.15, -0.1) is 0 Å². The molecule has 0 aromatic carbocycles. The summed E-state index contributed by atoms with van der Waals surface area (Å²) in [5, 5.41) is 0. The van der Waals surface area contributed by atoms with Gasteiger partial charge in [0.2, 0.25) is 5.91 Å². The molecule has 0 bridgehead atoms. The van der Waals surface area contributed by atoms with Crippen molar-refractivity contribution in [3.63, 3.8) is 0 Å². The summed E-state index contributed by atoms with van der Waals surface area (Å²) in [4.78, 5) is 13.6. The molecule has 0 saturated carbocycles. The lowest BCUT2D eigenvalue weighted by Gasteiger charge is -2.34. The van der Waals surface area contributed by atoms with Crippen LogP contribution in [-0.2, 0) is 4.79 Å². The van der Waals surface area contributed by atoms with E-state index >= 15 is 0 Å². The summed E-state index contributed by atoms with van der Waals surface area (Å²) >= 11 is 0. The maximum Gasteiger partial charge on any atom is 0.222 e. The molecule has 0 spiro atoms. The van der Waals surface area contributed by atoms with Gasteiger partial charge in [-0.3, -0.25) is 4.79 Å². The second kappa shape index (κ2) is 7.66. The average molecular weight is 228 g/mol. The number of amides is 1. The Labute approximate surface area is 100 Å². The number of hydrogen-bond donors (Lipinski definition) is 1. The molecule has 0 aliphatic heterocycles. The van der Waals surface area contributed by atoms with Crippen molar-refractivity contribution in [2.75, 3.05) is 13.6 Å². The first-order chi connectivity index (χ1) is 7.45. The highest BCUT2D eigenvalue weighted by molar-refractivity contribution is 5.76. The fraction of sp³-hybridized carbons (Fsp3) is 0.923. The molecule has 0 rings (SSSR count). The predicted octanol–water partition coefficient (Wildman–Crippen LogP) is 2.54. The van der Waals surface area contributed by atoms with E-state index in [9.17, 15) is 4.79 Å². The Hall–Kier alpha value is -0.570. The lowest BCUT2D eigenvalue weighted by atomic mass is 10.0. The van der Waals surface area contributed by atoms with Crippen LogP contribution in [0.25, 0.3) is 0 Å². The topological polar surface area (TPSA) is 46.3 Å². The van der Waals surface area contributed by atoms with Crippen LogP contribution >= 0.6 is 0 Å². The van der Waals surface area contributed by atoms with Gasteiger partial charge in [0.05, 0.1) is 0 Å². The molecule has 0 heterocycles. The molecular weight excluding hydrogens is 200 g/mol. The highest BCUT2D eigenvalue weighted by Gasteiger charge is 2.25. The van der Waals surface area contributed by atoms with Crippen molar-refractivity contribution in [3.05, 3.63) is 0 Å². The second-order valence-electron chi connectivity index (χ2n) is 5.13. The van der Waals surface area contributed by atoms with Crippen LogP contribution in [0.15, 0.2) is 0 Å². The quantitative estimate of drug-likeness (QED) is 0.649. The minimum absolute atomic E-state index is 0.215. The molecule has 1 amide bonds. The van der Waals surface area contributed by atoms with E-state index in [1.165, 1.54) is 19.3 Å². The van der Waals surface area contributed by atoms with Gasteiger partial charge in [-0.2, -0.15) is 0 Å². The zero-order valence-electron chi connectivity index (χ0n) is 11.4. The monoisotopic (exact) mass is 228 g/mol. The fourth-order valence-electron chi connectivity index (χ4n) is 1.52. The first-order valence-electron chi connectivity index (χ1n) is 6.42. The van der Waals surface area contributed by atoms with Crippen molar-refractivity contribution in [1.29, 1.82) is 0 Å². The molecule has 0 aromatic heterocycles. The maximum atomic E-state index is 11.9. The summed E-state index contributed by atoms with van der Waals surface area (Å²) in [6, 6.07) is 0. The number of nitrogens with two attached hydrogens (primary N) is 1. The van der Waals surface area contributed by atoms with E-state index in [2.05, 4.69) is 6.92 Å². The van der Waals surface area contributed by atoms with Crippen molar-refractivity contribution in [2.45, 2.75) is 64.8 Å². The van der Waals surface area contributed by atoms with Crippen molar-refractivity contribution in [1.82, 2.24) is 4.90 Å². The van der Waals surface area contributed by atoms with E-state index < -0.39 is 0 Å². The van der Waals surface area contributed by atoms with E-state index in [4.69, 9.17) is 5.73 Å². The van der Waals surface area contributed by atoms with Crippen LogP contribution in [0.2, 0.25) is 0 Å². The SMILES string of the molecule is CCCCCCCC(=O)N(C)C(C)(C)CN. The molecule has 16 heavy (non-hydrogen) atoms. The van der Waals surface area contributed by atoms with Gasteiger partial charge in [0.15, 0.2) is 0 Å². The molecule has 0 radical (unpaired) electrons. The summed E-state index contributed by atoms with van der Waals surface area (Å²) in [6.45, 7) is 6.71. The fourth-order valence-corrected chi connectivity index (χ4v) is 1.52. The molecule has 3 nitrogen and oxygen atoms in total. The predicted molar refractivity (Wildman–Crippen MR) is 69.3 cm³/mol. The molecule has 0 aliphatic carbocycles. The van der Waals surface area contributed by atoms with Gasteiger partial charge in [-0.05, 0) is 20.3 Å². The minimum Gasteiger partial charge on any atom is -0.339 e. The third-order valence-electron chi connectivity index (χ3n) is 3.28. The lowest BCUT2D eigenvalue weighted by Crippen LogP contribution is -2.49. The molecule has 96 valence electrons. The third kappa shape index (κ3) is 5.50. The standard InChI is InChI=1S/C13H28N2O/c1-5-6-7-8-9-10-12(16)15(4)13(2,3)11-14/h5-11,14H2,1-4H3. The number of carbonyl (C=O) groups excluding carboxylic acids is 1. The van der Waals surface area contributed by atoms with E-state index in [0.717, 1.165) is 12.8 Å². The Balaban J connectivity index is 3.80. The number of hydrogen-bond acceptors (Lipinski definition) is 2. The Bertz CT molecular complexity index is 202. The van der Waals surface area contributed by atoms with Crippen LogP contribution in [0, 0.1) is 0 Å². The number of rotatable bonds is 8. The highest BCUT2D eigenvalue weighted by atomic mass is 16.2. The zero-order valence-corrected chi connectivity index (χ0v) is 11.4. The lowest BCUT2D eigenvalue weighted by molar-refractivity contribution is -0.134. The molecule has 0 atom stereocenters. The van der Waals surface area contributed by atoms with E-state index in [1.54, 1.807) is 4.90 Å². The van der Waals surface area contributed by atoms with E-state index in [0.29, 0.717) is 13.0 Å². The molecular formula is C13H28N2O. The maximum absolute atomic E-state index is 11.9. The first-order valence-corrected chi connectivity index (χ1v) is 6.42. The van der Waals surface area contributed by atoms with Gasteiger partial charge in [-0.25, -0.2) is 0 Å². The van der Waals surface area contributed by atoms with E-state index in [-0.39, 0.29) is 11.4 Å². The van der Waals surface area contributed by atoms with Gasteiger partial charge in [0, 0.05) is 25.6 Å². The second-order valence-corrected chi connectivity index (χ2v) is 5.13. The van der Waals surface area contributed by atoms with Crippen molar-refractivity contribution < 1.29 is 4.79 Å². The van der Waals surface area contributed by atoms with E-state index in [1.807, 2.05) is 20.9 Å². The molecule has 2 N–H and O–H groups in total. The molecule has 0 saturated heterocycles. The van der Waals surface area contributed by atoms with Crippen molar-refractivity contribution >= 4 is 5.91 Å². The molecule has 0 aromatic rings. The number of carbonyl (C=O) groups is 1. The van der Waals surface area contributed by atoms with Crippen molar-refractivity contribution in [3.8, 4) is 0 Å². The smallest absolute Gasteiger partial charge is 0.222 e. The van der Waals surface area contributed by atoms with Crippen molar-refractivity contribution in [2.24, 2.45) is 5.73 Å². The van der Waals surface area contributed by atoms with Crippen LogP contribution in [0.1, 0.15) is 59.3 Å². The van der Waals surface area contributed by atoms with Gasteiger partial charge in [0.25, 0.3) is 0 Å². The summed E-state index contributed by atoms with van der Waals surface area (Å²) in [7, 11) is 1.85. The van der Waals surface area contributed by atoms with Gasteiger partial charge in [-0.1, -0.05) is 32.6 Å². The Morgan fingerprint density at radius 3 is 2.25 bits per heavy atom. The Morgan fingerprint density at radius 1 is 1.19 bits per heavy atom. The molecule has 0 aliphatic rings. The molecule has 3 heteroatoms. The first kappa shape index (κ1) is 15.4. The summed E-state index contributed by atoms with van der Waals surface area (Å²) < 4.78 is 0. The summed E-state index contributed by atoms with van der Waals surface area (Å²) in [5.41, 5.74) is 5.42. The van der Waals surface area contributed by atoms with Gasteiger partial charge in [0.1, 0.15) is 0 Å². The summed E-state index contributed by atoms with van der Waals surface area (Å²) in [5.74, 6) is 0.215. The summed E-state index contributed by atoms with van der Waals surface area (Å²) in [6.07, 6.45) is 6.59. The number of likely N-dealkylation sites (N-methyl/N-ethyl adjacent to an activating group) is 1. The third-order valence-corrected chi connectivity index (χ3v) is 3.28. The average Bonchev–Trinajstić information content (AvgIpc) is 2.27. The van der Waals surface area contributed by atoms with Gasteiger partial charge < -0.3 is 10.6 Å². The molecule has 0 unspecified atom stereocenters. The molecule has 0 fully saturated rings. The number of unbranched alkanes of at least 4 members (excludes halogenated alkanes) is 4. The van der Waals surface area contributed by atoms with Gasteiger partial charge >= 0.3 is 0 Å². The Kier molecular flexibility index (Phi) is 7.39. The van der Waals surface area contributed by atoms with Crippen LogP contribution in [0.3, 0.4) is 0 Å². The van der Waals surface area contributed by atoms with Crippen LogP contribution < -0.4 is 5.73 Å². The number of nitrogens with zero attached hydrogens (tertiary/aromatic N) is 1. The minimum atomic E-state index is -0.222. The normalized spacial score (nSPS) is 11.6. The largest absolute Gasteiger partial charge is 0.339 e. The van der Waals surface area contributed by atoms with Crippen LogP contribution in [0.5, 0.6) is 0 Å². The highest BCUT2D eigenvalue weighted by Crippen LogP contribution is 2.13. The van der Waals surface area contributed by atoms with Crippen LogP contribution in [0.4, 0.5) is 0 Å². The Morgan fingerprint density at radius 2 is 1.75 bits per heavy atom.